The van der Waals surface area contributed by atoms with E-state index in [2.05, 4.69) is 26.0 Å². The van der Waals surface area contributed by atoms with Gasteiger partial charge in [0.15, 0.2) is 0 Å². The first-order valence-electron chi connectivity index (χ1n) is 5.31. The Hall–Kier alpha value is -0.820. The van der Waals surface area contributed by atoms with Crippen LogP contribution in [0.2, 0.25) is 0 Å². The number of rotatable bonds is 2. The van der Waals surface area contributed by atoms with Crippen molar-refractivity contribution in [3.05, 3.63) is 35.4 Å². The standard InChI is InChI=1S/C13H18O/c1-9-4-6-11(7-5-9)13(3,14)12-8-10(12)2/h4-7,10,12,14H,8H2,1-3H3. The number of aliphatic hydroxyl groups is 1. The Morgan fingerprint density at radius 3 is 2.21 bits per heavy atom. The molecule has 1 aromatic carbocycles. The summed E-state index contributed by atoms with van der Waals surface area (Å²) < 4.78 is 0. The summed E-state index contributed by atoms with van der Waals surface area (Å²) in [6.45, 7) is 6.21. The van der Waals surface area contributed by atoms with E-state index >= 15 is 0 Å². The molecule has 0 heterocycles. The van der Waals surface area contributed by atoms with Crippen LogP contribution in [0.15, 0.2) is 24.3 Å². The molecular formula is C13H18O. The lowest BCUT2D eigenvalue weighted by molar-refractivity contribution is 0.0283. The fraction of sp³-hybridized carbons (Fsp3) is 0.538. The van der Waals surface area contributed by atoms with Crippen LogP contribution in [0.4, 0.5) is 0 Å². The SMILES string of the molecule is Cc1ccc(C(C)(O)C2CC2C)cc1. The zero-order valence-electron chi connectivity index (χ0n) is 9.12. The van der Waals surface area contributed by atoms with Crippen molar-refractivity contribution in [2.75, 3.05) is 0 Å². The summed E-state index contributed by atoms with van der Waals surface area (Å²) in [6.07, 6.45) is 1.15. The van der Waals surface area contributed by atoms with Crippen molar-refractivity contribution < 1.29 is 5.11 Å². The first-order valence-corrected chi connectivity index (χ1v) is 5.31. The second kappa shape index (κ2) is 3.09. The van der Waals surface area contributed by atoms with Crippen molar-refractivity contribution in [2.45, 2.75) is 32.8 Å². The minimum atomic E-state index is -0.632. The van der Waals surface area contributed by atoms with Gasteiger partial charge in [0.2, 0.25) is 0 Å². The molecule has 1 aliphatic carbocycles. The molecule has 0 spiro atoms. The molecule has 1 fully saturated rings. The highest BCUT2D eigenvalue weighted by Crippen LogP contribution is 2.50. The molecule has 3 unspecified atom stereocenters. The maximum Gasteiger partial charge on any atom is 0.0899 e. The molecule has 1 nitrogen and oxygen atoms in total. The Labute approximate surface area is 85.8 Å². The summed E-state index contributed by atoms with van der Waals surface area (Å²) in [7, 11) is 0. The second-order valence-electron chi connectivity index (χ2n) is 4.83. The molecule has 1 saturated carbocycles. The highest BCUT2D eigenvalue weighted by molar-refractivity contribution is 5.28. The molecule has 0 bridgehead atoms. The van der Waals surface area contributed by atoms with E-state index in [-0.39, 0.29) is 0 Å². The van der Waals surface area contributed by atoms with Gasteiger partial charge in [-0.05, 0) is 37.7 Å². The van der Waals surface area contributed by atoms with E-state index in [0.29, 0.717) is 11.8 Å². The molecule has 0 aromatic heterocycles. The molecule has 0 amide bonds. The van der Waals surface area contributed by atoms with Crippen molar-refractivity contribution in [3.8, 4) is 0 Å². The minimum absolute atomic E-state index is 0.449. The first-order chi connectivity index (χ1) is 6.51. The topological polar surface area (TPSA) is 20.2 Å². The smallest absolute Gasteiger partial charge is 0.0899 e. The van der Waals surface area contributed by atoms with E-state index in [1.807, 2.05) is 19.1 Å². The molecule has 2 rings (SSSR count). The predicted molar refractivity (Wildman–Crippen MR) is 58.0 cm³/mol. The average molecular weight is 190 g/mol. The highest BCUT2D eigenvalue weighted by atomic mass is 16.3. The van der Waals surface area contributed by atoms with Crippen molar-refractivity contribution >= 4 is 0 Å². The first kappa shape index (κ1) is 9.72. The van der Waals surface area contributed by atoms with Gasteiger partial charge < -0.3 is 5.11 Å². The zero-order chi connectivity index (χ0) is 10.3. The molecular weight excluding hydrogens is 172 g/mol. The van der Waals surface area contributed by atoms with E-state index in [4.69, 9.17) is 0 Å². The van der Waals surface area contributed by atoms with Gasteiger partial charge in [0.25, 0.3) is 0 Å². The summed E-state index contributed by atoms with van der Waals surface area (Å²) in [5, 5.41) is 10.4. The van der Waals surface area contributed by atoms with Crippen molar-refractivity contribution in [1.29, 1.82) is 0 Å². The normalized spacial score (nSPS) is 29.7. The zero-order valence-corrected chi connectivity index (χ0v) is 9.12. The maximum atomic E-state index is 10.4. The van der Waals surface area contributed by atoms with Gasteiger partial charge in [0.1, 0.15) is 0 Å². The summed E-state index contributed by atoms with van der Waals surface area (Å²) in [5.74, 6) is 1.12. The summed E-state index contributed by atoms with van der Waals surface area (Å²) in [4.78, 5) is 0. The van der Waals surface area contributed by atoms with Crippen molar-refractivity contribution in [3.63, 3.8) is 0 Å². The number of hydrogen-bond donors (Lipinski definition) is 1. The number of aryl methyl sites for hydroxylation is 1. The van der Waals surface area contributed by atoms with Crippen molar-refractivity contribution in [1.82, 2.24) is 0 Å². The van der Waals surface area contributed by atoms with Crippen LogP contribution < -0.4 is 0 Å². The van der Waals surface area contributed by atoms with Crippen molar-refractivity contribution in [2.24, 2.45) is 11.8 Å². The lowest BCUT2D eigenvalue weighted by Crippen LogP contribution is -2.24. The van der Waals surface area contributed by atoms with Gasteiger partial charge in [-0.25, -0.2) is 0 Å². The van der Waals surface area contributed by atoms with E-state index < -0.39 is 5.60 Å². The Morgan fingerprint density at radius 1 is 1.29 bits per heavy atom. The van der Waals surface area contributed by atoms with Crippen LogP contribution in [-0.2, 0) is 5.60 Å². The molecule has 3 atom stereocenters. The molecule has 1 N–H and O–H groups in total. The summed E-state index contributed by atoms with van der Waals surface area (Å²) >= 11 is 0. The molecule has 76 valence electrons. The highest BCUT2D eigenvalue weighted by Gasteiger charge is 2.47. The fourth-order valence-electron chi connectivity index (χ4n) is 2.21. The Bertz CT molecular complexity index is 324. The van der Waals surface area contributed by atoms with Gasteiger partial charge in [0.05, 0.1) is 5.60 Å². The van der Waals surface area contributed by atoms with Gasteiger partial charge in [-0.2, -0.15) is 0 Å². The second-order valence-corrected chi connectivity index (χ2v) is 4.83. The van der Waals surface area contributed by atoms with Gasteiger partial charge in [-0.15, -0.1) is 0 Å². The third kappa shape index (κ3) is 1.57. The van der Waals surface area contributed by atoms with Crippen LogP contribution in [-0.4, -0.2) is 5.11 Å². The average Bonchev–Trinajstić information content (AvgIpc) is 2.84. The van der Waals surface area contributed by atoms with Crippen LogP contribution in [0.5, 0.6) is 0 Å². The number of benzene rings is 1. The molecule has 14 heavy (non-hydrogen) atoms. The Kier molecular flexibility index (Phi) is 2.15. The van der Waals surface area contributed by atoms with Crippen LogP contribution in [0.1, 0.15) is 31.4 Å². The van der Waals surface area contributed by atoms with Gasteiger partial charge in [0, 0.05) is 0 Å². The van der Waals surface area contributed by atoms with E-state index in [1.165, 1.54) is 5.56 Å². The van der Waals surface area contributed by atoms with E-state index in [0.717, 1.165) is 12.0 Å². The number of hydrogen-bond acceptors (Lipinski definition) is 1. The Balaban J connectivity index is 2.25. The maximum absolute atomic E-state index is 10.4. The lowest BCUT2D eigenvalue weighted by atomic mass is 9.89. The lowest BCUT2D eigenvalue weighted by Gasteiger charge is -2.24. The quantitative estimate of drug-likeness (QED) is 0.760. The fourth-order valence-corrected chi connectivity index (χ4v) is 2.21. The molecule has 1 aliphatic rings. The van der Waals surface area contributed by atoms with Crippen LogP contribution in [0.3, 0.4) is 0 Å². The third-order valence-corrected chi connectivity index (χ3v) is 3.47. The third-order valence-electron chi connectivity index (χ3n) is 3.47. The molecule has 0 radical (unpaired) electrons. The van der Waals surface area contributed by atoms with Crippen LogP contribution in [0, 0.1) is 18.8 Å². The molecule has 0 saturated heterocycles. The molecule has 1 aromatic rings. The largest absolute Gasteiger partial charge is 0.385 e. The molecule has 1 heteroatoms. The van der Waals surface area contributed by atoms with E-state index in [1.54, 1.807) is 0 Å². The van der Waals surface area contributed by atoms with Crippen LogP contribution in [0.25, 0.3) is 0 Å². The molecule has 0 aliphatic heterocycles. The van der Waals surface area contributed by atoms with Gasteiger partial charge in [-0.3, -0.25) is 0 Å². The van der Waals surface area contributed by atoms with Gasteiger partial charge >= 0.3 is 0 Å². The predicted octanol–water partition coefficient (Wildman–Crippen LogP) is 2.86. The van der Waals surface area contributed by atoms with Crippen LogP contribution >= 0.6 is 0 Å². The van der Waals surface area contributed by atoms with Gasteiger partial charge in [-0.1, -0.05) is 36.8 Å². The minimum Gasteiger partial charge on any atom is -0.385 e. The monoisotopic (exact) mass is 190 g/mol. The Morgan fingerprint density at radius 2 is 1.79 bits per heavy atom. The summed E-state index contributed by atoms with van der Waals surface area (Å²) in [6, 6.07) is 8.22. The summed E-state index contributed by atoms with van der Waals surface area (Å²) in [5.41, 5.74) is 1.67. The van der Waals surface area contributed by atoms with E-state index in [9.17, 15) is 5.11 Å².